The van der Waals surface area contributed by atoms with Gasteiger partial charge in [0, 0.05) is 0 Å². The number of rotatable bonds is 2. The maximum absolute atomic E-state index is 9.56. The van der Waals surface area contributed by atoms with Gasteiger partial charge >= 0.3 is 0 Å². The van der Waals surface area contributed by atoms with E-state index in [0.29, 0.717) is 12.8 Å². The molecule has 0 aromatic heterocycles. The minimum absolute atomic E-state index is 0.551. The third-order valence-corrected chi connectivity index (χ3v) is 4.27. The van der Waals surface area contributed by atoms with Crippen LogP contribution < -0.4 is 0 Å². The second-order valence-corrected chi connectivity index (χ2v) is 6.03. The summed E-state index contributed by atoms with van der Waals surface area (Å²) in [5, 5.41) is 9.56. The molecule has 0 bridgehead atoms. The van der Waals surface area contributed by atoms with Crippen LogP contribution in [-0.2, 0) is 0 Å². The van der Waals surface area contributed by atoms with Gasteiger partial charge in [-0.1, -0.05) is 46.4 Å². The van der Waals surface area contributed by atoms with Gasteiger partial charge in [0.2, 0.25) is 0 Å². The summed E-state index contributed by atoms with van der Waals surface area (Å²) >= 11 is 23.0. The van der Waals surface area contributed by atoms with E-state index < -0.39 is 14.3 Å². The lowest BCUT2D eigenvalue weighted by molar-refractivity contribution is 0.126. The number of alkyl halides is 4. The largest absolute Gasteiger partial charge is 0.387 e. The molecule has 11 heavy (non-hydrogen) atoms. The lowest BCUT2D eigenvalue weighted by Crippen LogP contribution is -2.46. The average molecular weight is 238 g/mol. The Morgan fingerprint density at radius 2 is 1.55 bits per heavy atom. The van der Waals surface area contributed by atoms with Crippen LogP contribution in [0.25, 0.3) is 0 Å². The molecule has 0 aromatic carbocycles. The first kappa shape index (κ1) is 10.2. The molecule has 1 N–H and O–H groups in total. The summed E-state index contributed by atoms with van der Waals surface area (Å²) in [7, 11) is 0. The van der Waals surface area contributed by atoms with Crippen molar-refractivity contribution in [2.24, 2.45) is 0 Å². The smallest absolute Gasteiger partial charge is 0.178 e. The lowest BCUT2D eigenvalue weighted by atomic mass is 10.1. The zero-order valence-electron chi connectivity index (χ0n) is 5.87. The van der Waals surface area contributed by atoms with E-state index in [4.69, 9.17) is 46.4 Å². The number of hydrogen-bond donors (Lipinski definition) is 1. The minimum atomic E-state index is -1.48. The van der Waals surface area contributed by atoms with E-state index in [1.807, 2.05) is 0 Å². The van der Waals surface area contributed by atoms with Gasteiger partial charge in [0.25, 0.3) is 0 Å². The van der Waals surface area contributed by atoms with Crippen molar-refractivity contribution in [3.63, 3.8) is 0 Å². The van der Waals surface area contributed by atoms with Gasteiger partial charge in [0.1, 0.15) is 5.60 Å². The van der Waals surface area contributed by atoms with Crippen LogP contribution in [0, 0.1) is 0 Å². The van der Waals surface area contributed by atoms with Crippen LogP contribution in [0.5, 0.6) is 0 Å². The molecule has 0 radical (unpaired) electrons. The summed E-state index contributed by atoms with van der Waals surface area (Å²) in [4.78, 5) is 0. The molecule has 1 saturated carbocycles. The summed E-state index contributed by atoms with van der Waals surface area (Å²) in [6.07, 6.45) is 1.10. The quantitative estimate of drug-likeness (QED) is 0.733. The van der Waals surface area contributed by atoms with E-state index in [2.05, 4.69) is 0 Å². The molecular weight excluding hydrogens is 230 g/mol. The van der Waals surface area contributed by atoms with E-state index in [9.17, 15) is 5.11 Å². The van der Waals surface area contributed by atoms with E-state index in [0.717, 1.165) is 0 Å². The van der Waals surface area contributed by atoms with E-state index >= 15 is 0 Å². The highest BCUT2D eigenvalue weighted by atomic mass is 35.5. The molecule has 1 fully saturated rings. The maximum Gasteiger partial charge on any atom is 0.178 e. The standard InChI is InChI=1S/C6H8Cl4O/c1-4(7,8)6(9,10)5(11)2-3-5/h11H,2-3H2,1H3. The molecule has 0 unspecified atom stereocenters. The van der Waals surface area contributed by atoms with Crippen molar-refractivity contribution in [3.05, 3.63) is 0 Å². The molecule has 0 aliphatic heterocycles. The predicted octanol–water partition coefficient (Wildman–Crippen LogP) is 2.88. The van der Waals surface area contributed by atoms with E-state index in [1.54, 1.807) is 0 Å². The summed E-state index contributed by atoms with van der Waals surface area (Å²) in [6, 6.07) is 0. The Bertz CT molecular complexity index is 161. The molecule has 1 nitrogen and oxygen atoms in total. The zero-order valence-corrected chi connectivity index (χ0v) is 8.90. The highest BCUT2D eigenvalue weighted by Gasteiger charge is 2.64. The summed E-state index contributed by atoms with van der Waals surface area (Å²) < 4.78 is -2.82. The fourth-order valence-electron chi connectivity index (χ4n) is 0.841. The Labute approximate surface area is 85.6 Å². The van der Waals surface area contributed by atoms with Gasteiger partial charge in [0.15, 0.2) is 8.67 Å². The molecular formula is C6H8Cl4O. The van der Waals surface area contributed by atoms with Gasteiger partial charge in [-0.2, -0.15) is 0 Å². The number of hydrogen-bond acceptors (Lipinski definition) is 1. The number of aliphatic hydroxyl groups is 1. The van der Waals surface area contributed by atoms with Crippen LogP contribution in [0.4, 0.5) is 0 Å². The fourth-order valence-corrected chi connectivity index (χ4v) is 1.57. The second kappa shape index (κ2) is 2.55. The highest BCUT2D eigenvalue weighted by molar-refractivity contribution is 6.63. The van der Waals surface area contributed by atoms with Gasteiger partial charge in [-0.05, 0) is 19.8 Å². The van der Waals surface area contributed by atoms with Crippen molar-refractivity contribution in [2.45, 2.75) is 34.0 Å². The monoisotopic (exact) mass is 236 g/mol. The first-order chi connectivity index (χ1) is 4.71. The molecule has 1 aliphatic carbocycles. The molecule has 1 rings (SSSR count). The molecule has 0 amide bonds. The average Bonchev–Trinajstić information content (AvgIpc) is 2.45. The van der Waals surface area contributed by atoms with Crippen molar-refractivity contribution >= 4 is 46.4 Å². The Balaban J connectivity index is 2.82. The zero-order chi connectivity index (χ0) is 8.91. The fraction of sp³-hybridized carbons (Fsp3) is 1.00. The predicted molar refractivity (Wildman–Crippen MR) is 48.7 cm³/mol. The van der Waals surface area contributed by atoms with Gasteiger partial charge in [-0.25, -0.2) is 0 Å². The Morgan fingerprint density at radius 3 is 1.64 bits per heavy atom. The van der Waals surface area contributed by atoms with Crippen molar-refractivity contribution in [1.29, 1.82) is 0 Å². The molecule has 66 valence electrons. The second-order valence-electron chi connectivity index (χ2n) is 2.99. The van der Waals surface area contributed by atoms with Crippen LogP contribution >= 0.6 is 46.4 Å². The first-order valence-electron chi connectivity index (χ1n) is 3.19. The summed E-state index contributed by atoms with van der Waals surface area (Å²) in [5.41, 5.74) is -1.10. The molecule has 5 heteroatoms. The van der Waals surface area contributed by atoms with Gasteiger partial charge in [0.05, 0.1) is 0 Å². The Morgan fingerprint density at radius 1 is 1.18 bits per heavy atom. The third-order valence-electron chi connectivity index (χ3n) is 1.86. The normalized spacial score (nSPS) is 23.5. The SMILES string of the molecule is CC(Cl)(Cl)C(Cl)(Cl)C1(O)CC1. The van der Waals surface area contributed by atoms with Crippen LogP contribution in [0.2, 0.25) is 0 Å². The van der Waals surface area contributed by atoms with Gasteiger partial charge in [-0.3, -0.25) is 0 Å². The first-order valence-corrected chi connectivity index (χ1v) is 4.70. The lowest BCUT2D eigenvalue weighted by Gasteiger charge is -2.33. The molecule has 0 aromatic rings. The molecule has 0 saturated heterocycles. The van der Waals surface area contributed by atoms with Crippen LogP contribution in [0.1, 0.15) is 19.8 Å². The molecule has 0 heterocycles. The van der Waals surface area contributed by atoms with E-state index in [-0.39, 0.29) is 0 Å². The van der Waals surface area contributed by atoms with Crippen LogP contribution in [-0.4, -0.2) is 19.4 Å². The Kier molecular flexibility index (Phi) is 2.37. The highest BCUT2D eigenvalue weighted by Crippen LogP contribution is 2.58. The van der Waals surface area contributed by atoms with Crippen molar-refractivity contribution < 1.29 is 5.11 Å². The van der Waals surface area contributed by atoms with Crippen LogP contribution in [0.15, 0.2) is 0 Å². The van der Waals surface area contributed by atoms with E-state index in [1.165, 1.54) is 6.92 Å². The summed E-state index contributed by atoms with van der Waals surface area (Å²) in [5.74, 6) is 0. The molecule has 0 spiro atoms. The van der Waals surface area contributed by atoms with Crippen molar-refractivity contribution in [1.82, 2.24) is 0 Å². The topological polar surface area (TPSA) is 20.2 Å². The minimum Gasteiger partial charge on any atom is -0.387 e. The van der Waals surface area contributed by atoms with Crippen LogP contribution in [0.3, 0.4) is 0 Å². The maximum atomic E-state index is 9.56. The molecule has 0 atom stereocenters. The number of halogens is 4. The third kappa shape index (κ3) is 1.59. The molecule has 1 aliphatic rings. The van der Waals surface area contributed by atoms with Crippen molar-refractivity contribution in [3.8, 4) is 0 Å². The Hall–Kier alpha value is 1.12. The van der Waals surface area contributed by atoms with Crippen molar-refractivity contribution in [2.75, 3.05) is 0 Å². The summed E-state index contributed by atoms with van der Waals surface area (Å²) in [6.45, 7) is 1.46. The van der Waals surface area contributed by atoms with Gasteiger partial charge < -0.3 is 5.11 Å². The van der Waals surface area contributed by atoms with Gasteiger partial charge in [-0.15, -0.1) is 0 Å².